The molecule has 0 spiro atoms. The molecule has 0 aliphatic heterocycles. The summed E-state index contributed by atoms with van der Waals surface area (Å²) in [5, 5.41) is 1.36. The van der Waals surface area contributed by atoms with E-state index < -0.39 is 36.8 Å². The zero-order valence-corrected chi connectivity index (χ0v) is 21.6. The molecule has 1 atom stereocenters. The molecule has 4 rings (SSSR count). The maximum atomic E-state index is 13.5. The summed E-state index contributed by atoms with van der Waals surface area (Å²) in [6.45, 7) is 0.973. The number of rotatable bonds is 7. The molecule has 0 fully saturated rings. The molecular weight excluding hydrogens is 543 g/mol. The lowest BCUT2D eigenvalue weighted by Gasteiger charge is -2.16. The number of hydrogen-bond donors (Lipinski definition) is 1. The Balaban J connectivity index is 1.78. The number of aromatic nitrogens is 1. The van der Waals surface area contributed by atoms with Crippen LogP contribution in [0.5, 0.6) is 0 Å². The van der Waals surface area contributed by atoms with Crippen molar-refractivity contribution in [1.29, 1.82) is 0 Å². The summed E-state index contributed by atoms with van der Waals surface area (Å²) < 4.78 is 58.0. The van der Waals surface area contributed by atoms with Gasteiger partial charge in [0.15, 0.2) is 0 Å². The van der Waals surface area contributed by atoms with Gasteiger partial charge in [-0.3, -0.25) is 4.18 Å². The van der Waals surface area contributed by atoms with Crippen LogP contribution < -0.4 is 4.72 Å². The van der Waals surface area contributed by atoms with Crippen molar-refractivity contribution in [3.05, 3.63) is 78.4 Å². The first kappa shape index (κ1) is 25.2. The Bertz CT molecular complexity index is 1560. The van der Waals surface area contributed by atoms with E-state index in [2.05, 4.69) is 4.72 Å². The number of nitrogens with one attached hydrogen (secondary N) is 1. The predicted molar refractivity (Wildman–Crippen MR) is 135 cm³/mol. The third-order valence-corrected chi connectivity index (χ3v) is 8.27. The number of nitrogens with zero attached hydrogens (tertiary/aromatic N) is 1. The van der Waals surface area contributed by atoms with E-state index in [4.69, 9.17) is 39.0 Å². The second-order valence-electron chi connectivity index (χ2n) is 7.55. The van der Waals surface area contributed by atoms with Gasteiger partial charge in [0.25, 0.3) is 10.0 Å². The summed E-state index contributed by atoms with van der Waals surface area (Å²) in [5.74, 6) is 0. The fourth-order valence-corrected chi connectivity index (χ4v) is 6.52. The Labute approximate surface area is 212 Å². The summed E-state index contributed by atoms with van der Waals surface area (Å²) >= 11 is 16.7. The Hall–Kier alpha value is -1.85. The first-order valence-electron chi connectivity index (χ1n) is 9.96. The maximum Gasteiger partial charge on any atom is 0.336 e. The van der Waals surface area contributed by atoms with Crippen molar-refractivity contribution < 1.29 is 21.0 Å². The molecule has 0 aliphatic rings. The van der Waals surface area contributed by atoms with Gasteiger partial charge in [-0.25, -0.2) is 12.4 Å². The minimum absolute atomic E-state index is 0.161. The molecule has 7 nitrogen and oxygen atoms in total. The van der Waals surface area contributed by atoms with Gasteiger partial charge in [0.2, 0.25) is 3.79 Å². The summed E-state index contributed by atoms with van der Waals surface area (Å²) in [6, 6.07) is 19.6. The van der Waals surface area contributed by atoms with Crippen molar-refractivity contribution in [2.45, 2.75) is 21.7 Å². The molecule has 0 saturated carbocycles. The molecule has 0 bridgehead atoms. The van der Waals surface area contributed by atoms with E-state index in [-0.39, 0.29) is 4.90 Å². The lowest BCUT2D eigenvalue weighted by Crippen LogP contribution is -2.31. The minimum Gasteiger partial charge on any atom is -0.254 e. The van der Waals surface area contributed by atoms with Crippen LogP contribution in [-0.4, -0.2) is 31.2 Å². The zero-order chi connectivity index (χ0) is 24.7. The molecule has 0 aliphatic carbocycles. The van der Waals surface area contributed by atoms with E-state index >= 15 is 0 Å². The van der Waals surface area contributed by atoms with Gasteiger partial charge in [-0.1, -0.05) is 77.3 Å². The van der Waals surface area contributed by atoms with Crippen molar-refractivity contribution in [3.63, 3.8) is 0 Å². The van der Waals surface area contributed by atoms with E-state index in [0.717, 1.165) is 0 Å². The number of benzene rings is 3. The molecule has 0 amide bonds. The lowest BCUT2D eigenvalue weighted by molar-refractivity contribution is 0.314. The van der Waals surface area contributed by atoms with Crippen molar-refractivity contribution in [2.75, 3.05) is 6.61 Å². The van der Waals surface area contributed by atoms with Gasteiger partial charge in [0.05, 0.1) is 15.9 Å². The Morgan fingerprint density at radius 3 is 2.18 bits per heavy atom. The summed E-state index contributed by atoms with van der Waals surface area (Å²) in [6.07, 6.45) is 0. The van der Waals surface area contributed by atoms with Gasteiger partial charge < -0.3 is 0 Å². The monoisotopic (exact) mass is 560 g/mol. The molecule has 0 radical (unpaired) electrons. The standard InChI is InChI=1S/C22H19Cl3N2O5S2/c1-15(26-34(30,31)32-14-22(23,24)25)16-11-12-21-19(13-16)18-9-5-6-10-20(18)27(21)33(28,29)17-7-3-2-4-8-17/h2-13,15,26H,14H2,1H3. The van der Waals surface area contributed by atoms with E-state index in [1.54, 1.807) is 67.6 Å². The molecule has 180 valence electrons. The van der Waals surface area contributed by atoms with Crippen LogP contribution in [0.15, 0.2) is 77.7 Å². The van der Waals surface area contributed by atoms with Gasteiger partial charge >= 0.3 is 10.3 Å². The van der Waals surface area contributed by atoms with Crippen LogP contribution in [0.3, 0.4) is 0 Å². The Kier molecular flexibility index (Phi) is 6.91. The molecule has 1 aromatic heterocycles. The average molecular weight is 562 g/mol. The topological polar surface area (TPSA) is 94.5 Å². The van der Waals surface area contributed by atoms with Crippen molar-refractivity contribution in [2.24, 2.45) is 0 Å². The van der Waals surface area contributed by atoms with Crippen molar-refractivity contribution in [3.8, 4) is 0 Å². The molecular formula is C22H19Cl3N2O5S2. The number of hydrogen-bond acceptors (Lipinski definition) is 5. The van der Waals surface area contributed by atoms with Gasteiger partial charge in [-0.15, -0.1) is 0 Å². The Morgan fingerprint density at radius 1 is 0.882 bits per heavy atom. The zero-order valence-electron chi connectivity index (χ0n) is 17.7. The van der Waals surface area contributed by atoms with Gasteiger partial charge in [-0.2, -0.15) is 13.1 Å². The van der Waals surface area contributed by atoms with Crippen LogP contribution in [0.25, 0.3) is 21.8 Å². The van der Waals surface area contributed by atoms with E-state index in [9.17, 15) is 16.8 Å². The maximum absolute atomic E-state index is 13.5. The number of fused-ring (bicyclic) bond motifs is 3. The highest BCUT2D eigenvalue weighted by Crippen LogP contribution is 2.34. The first-order valence-corrected chi connectivity index (χ1v) is 13.9. The molecule has 1 heterocycles. The van der Waals surface area contributed by atoms with Crippen molar-refractivity contribution >= 4 is 76.9 Å². The molecule has 1 unspecified atom stereocenters. The van der Waals surface area contributed by atoms with Crippen LogP contribution in [-0.2, 0) is 24.5 Å². The highest BCUT2D eigenvalue weighted by atomic mass is 35.6. The van der Waals surface area contributed by atoms with Crippen molar-refractivity contribution in [1.82, 2.24) is 8.69 Å². The third-order valence-electron chi connectivity index (χ3n) is 5.13. The molecule has 4 aromatic rings. The van der Waals surface area contributed by atoms with Crippen LogP contribution in [0.1, 0.15) is 18.5 Å². The van der Waals surface area contributed by atoms with Gasteiger partial charge in [-0.05, 0) is 42.8 Å². The average Bonchev–Trinajstić information content (AvgIpc) is 3.12. The number of para-hydroxylation sites is 1. The summed E-state index contributed by atoms with van der Waals surface area (Å²) in [4.78, 5) is 0.161. The fraction of sp³-hybridized carbons (Fsp3) is 0.182. The highest BCUT2D eigenvalue weighted by molar-refractivity contribution is 7.90. The quantitative estimate of drug-likeness (QED) is 0.309. The molecule has 3 aromatic carbocycles. The van der Waals surface area contributed by atoms with Crippen LogP contribution >= 0.6 is 34.8 Å². The summed E-state index contributed by atoms with van der Waals surface area (Å²) in [7, 11) is -8.10. The smallest absolute Gasteiger partial charge is 0.254 e. The molecule has 12 heteroatoms. The lowest BCUT2D eigenvalue weighted by atomic mass is 10.1. The SMILES string of the molecule is CC(NS(=O)(=O)OCC(Cl)(Cl)Cl)c1ccc2c(c1)c1ccccc1n2S(=O)(=O)c1ccccc1. The highest BCUT2D eigenvalue weighted by Gasteiger charge is 2.27. The second-order valence-corrected chi connectivity index (χ2v) is 13.2. The number of alkyl halides is 3. The minimum atomic E-state index is -4.22. The van der Waals surface area contributed by atoms with Crippen LogP contribution in [0, 0.1) is 0 Å². The van der Waals surface area contributed by atoms with Gasteiger partial charge in [0.1, 0.15) is 6.61 Å². The van der Waals surface area contributed by atoms with E-state index in [0.29, 0.717) is 27.4 Å². The largest absolute Gasteiger partial charge is 0.336 e. The number of halogens is 3. The first-order chi connectivity index (χ1) is 15.9. The second kappa shape index (κ2) is 9.31. The van der Waals surface area contributed by atoms with Crippen LogP contribution in [0.4, 0.5) is 0 Å². The molecule has 34 heavy (non-hydrogen) atoms. The predicted octanol–water partition coefficient (Wildman–Crippen LogP) is 5.31. The van der Waals surface area contributed by atoms with E-state index in [1.165, 1.54) is 3.97 Å². The fourth-order valence-electron chi connectivity index (χ4n) is 3.64. The summed E-state index contributed by atoms with van der Waals surface area (Å²) in [5.41, 5.74) is 1.57. The molecule has 0 saturated heterocycles. The Morgan fingerprint density at radius 2 is 1.50 bits per heavy atom. The molecule has 1 N–H and O–H groups in total. The normalized spacial score (nSPS) is 14.0. The van der Waals surface area contributed by atoms with E-state index in [1.807, 2.05) is 12.1 Å². The van der Waals surface area contributed by atoms with Gasteiger partial charge in [0, 0.05) is 16.8 Å². The van der Waals surface area contributed by atoms with Crippen LogP contribution in [0.2, 0.25) is 0 Å². The third kappa shape index (κ3) is 5.21.